The van der Waals surface area contributed by atoms with Crippen molar-refractivity contribution in [3.05, 3.63) is 22.9 Å². The van der Waals surface area contributed by atoms with Gasteiger partial charge in [0.15, 0.2) is 11.0 Å². The zero-order valence-electron chi connectivity index (χ0n) is 9.78. The lowest BCUT2D eigenvalue weighted by atomic mass is 10.2. The van der Waals surface area contributed by atoms with E-state index in [4.69, 9.17) is 5.73 Å². The van der Waals surface area contributed by atoms with E-state index < -0.39 is 0 Å². The van der Waals surface area contributed by atoms with Crippen molar-refractivity contribution < 1.29 is 0 Å². The summed E-state index contributed by atoms with van der Waals surface area (Å²) in [5, 5.41) is 4.87. The van der Waals surface area contributed by atoms with E-state index in [9.17, 15) is 0 Å². The molecule has 0 bridgehead atoms. The van der Waals surface area contributed by atoms with E-state index in [0.29, 0.717) is 16.8 Å². The Morgan fingerprint density at radius 2 is 2.16 bits per heavy atom. The zero-order valence-corrected chi connectivity index (χ0v) is 12.2. The molecule has 0 aliphatic rings. The summed E-state index contributed by atoms with van der Waals surface area (Å²) >= 11 is 4.82. The summed E-state index contributed by atoms with van der Waals surface area (Å²) < 4.78 is 2.23. The highest BCUT2D eigenvalue weighted by Crippen LogP contribution is 2.25. The average Bonchev–Trinajstić information content (AvgIpc) is 2.83. The fraction of sp³-hybridized carbons (Fsp3) is 0.100. The van der Waals surface area contributed by atoms with Crippen LogP contribution in [0, 0.1) is 0 Å². The van der Waals surface area contributed by atoms with Crippen LogP contribution in [0.4, 0.5) is 5.95 Å². The Labute approximate surface area is 120 Å². The molecule has 7 nitrogen and oxygen atoms in total. The van der Waals surface area contributed by atoms with Gasteiger partial charge in [0.25, 0.3) is 5.78 Å². The molecule has 3 heterocycles. The van der Waals surface area contributed by atoms with Gasteiger partial charge in [0.1, 0.15) is 0 Å². The topological polar surface area (TPSA) is 94.9 Å². The molecule has 0 saturated heterocycles. The van der Waals surface area contributed by atoms with Gasteiger partial charge in [0.05, 0.1) is 0 Å². The lowest BCUT2D eigenvalue weighted by molar-refractivity contribution is 0.851. The summed E-state index contributed by atoms with van der Waals surface area (Å²) in [6, 6.07) is 1.82. The lowest BCUT2D eigenvalue weighted by Crippen LogP contribution is -2.04. The Morgan fingerprint density at radius 3 is 2.89 bits per heavy atom. The van der Waals surface area contributed by atoms with Crippen molar-refractivity contribution in [2.24, 2.45) is 0 Å². The maximum atomic E-state index is 5.83. The number of hydrogen-bond donors (Lipinski definition) is 1. The number of rotatable bonds is 2. The molecule has 0 spiro atoms. The van der Waals surface area contributed by atoms with E-state index >= 15 is 0 Å². The van der Waals surface area contributed by atoms with Crippen LogP contribution in [0.2, 0.25) is 0 Å². The monoisotopic (exact) mass is 337 g/mol. The number of anilines is 1. The molecule has 2 N–H and O–H groups in total. The minimum atomic E-state index is 0.262. The largest absolute Gasteiger partial charge is 0.368 e. The molecular formula is C10H8BrN7S. The van der Waals surface area contributed by atoms with Crippen LogP contribution in [-0.2, 0) is 0 Å². The van der Waals surface area contributed by atoms with Gasteiger partial charge >= 0.3 is 0 Å². The summed E-state index contributed by atoms with van der Waals surface area (Å²) in [6.45, 7) is 0. The Balaban J connectivity index is 2.22. The molecule has 3 aromatic rings. The minimum Gasteiger partial charge on any atom is -0.368 e. The smallest absolute Gasteiger partial charge is 0.258 e. The van der Waals surface area contributed by atoms with Crippen LogP contribution in [0.3, 0.4) is 0 Å². The van der Waals surface area contributed by atoms with Crippen LogP contribution >= 0.6 is 27.7 Å². The van der Waals surface area contributed by atoms with Crippen molar-refractivity contribution >= 4 is 39.4 Å². The Kier molecular flexibility index (Phi) is 3.07. The van der Waals surface area contributed by atoms with E-state index in [0.717, 1.165) is 10.0 Å². The highest BCUT2D eigenvalue weighted by Gasteiger charge is 2.13. The molecule has 0 fully saturated rings. The highest BCUT2D eigenvalue weighted by molar-refractivity contribution is 9.10. The first-order valence-electron chi connectivity index (χ1n) is 5.23. The normalized spacial score (nSPS) is 11.1. The fourth-order valence-corrected chi connectivity index (χ4v) is 2.33. The molecule has 0 atom stereocenters. The Morgan fingerprint density at radius 1 is 1.32 bits per heavy atom. The number of fused-ring (bicyclic) bond motifs is 1. The number of thioether (sulfide) groups is 1. The van der Waals surface area contributed by atoms with Crippen LogP contribution in [-0.4, -0.2) is 35.8 Å². The number of pyridine rings is 1. The van der Waals surface area contributed by atoms with E-state index in [1.165, 1.54) is 16.3 Å². The van der Waals surface area contributed by atoms with Crippen molar-refractivity contribution in [1.82, 2.24) is 29.5 Å². The van der Waals surface area contributed by atoms with Gasteiger partial charge in [-0.15, -0.1) is 5.10 Å². The van der Waals surface area contributed by atoms with E-state index in [1.807, 2.05) is 12.3 Å². The molecule has 0 aliphatic heterocycles. The van der Waals surface area contributed by atoms with Crippen LogP contribution in [0.15, 0.2) is 28.1 Å². The van der Waals surface area contributed by atoms with Crippen molar-refractivity contribution in [3.8, 4) is 11.4 Å². The number of nitrogens with zero attached hydrogens (tertiary/aromatic N) is 6. The number of hydrogen-bond acceptors (Lipinski definition) is 7. The number of halogens is 1. The molecular weight excluding hydrogens is 330 g/mol. The second-order valence-corrected chi connectivity index (χ2v) is 5.20. The fourth-order valence-electron chi connectivity index (χ4n) is 1.55. The minimum absolute atomic E-state index is 0.262. The van der Waals surface area contributed by atoms with Gasteiger partial charge in [-0.1, -0.05) is 11.8 Å². The first-order chi connectivity index (χ1) is 9.19. The Bertz CT molecular complexity index is 757. The predicted molar refractivity (Wildman–Crippen MR) is 75.7 cm³/mol. The summed E-state index contributed by atoms with van der Waals surface area (Å²) in [5.74, 6) is 1.21. The summed E-state index contributed by atoms with van der Waals surface area (Å²) in [5.41, 5.74) is 6.66. The third-order valence-corrected chi connectivity index (χ3v) is 3.59. The predicted octanol–water partition coefficient (Wildman–Crippen LogP) is 1.65. The second-order valence-electron chi connectivity index (χ2n) is 3.57. The van der Waals surface area contributed by atoms with Gasteiger partial charge in [-0.3, -0.25) is 4.98 Å². The summed E-state index contributed by atoms with van der Waals surface area (Å²) in [6.07, 6.45) is 5.24. The van der Waals surface area contributed by atoms with Crippen LogP contribution in [0.25, 0.3) is 17.2 Å². The number of nitrogen functional groups attached to an aromatic ring is 1. The molecule has 0 aliphatic carbocycles. The molecule has 0 amide bonds. The second kappa shape index (κ2) is 4.74. The maximum absolute atomic E-state index is 5.83. The average molecular weight is 338 g/mol. The van der Waals surface area contributed by atoms with Crippen LogP contribution in [0.5, 0.6) is 0 Å². The van der Waals surface area contributed by atoms with Crippen molar-refractivity contribution in [2.45, 2.75) is 5.16 Å². The maximum Gasteiger partial charge on any atom is 0.258 e. The first kappa shape index (κ1) is 12.3. The molecule has 0 radical (unpaired) electrons. The molecule has 0 aromatic carbocycles. The van der Waals surface area contributed by atoms with Crippen molar-refractivity contribution in [1.29, 1.82) is 0 Å². The van der Waals surface area contributed by atoms with Gasteiger partial charge in [0.2, 0.25) is 5.95 Å². The van der Waals surface area contributed by atoms with E-state index in [1.54, 1.807) is 12.4 Å². The molecule has 3 rings (SSSR count). The number of nitrogens with two attached hydrogens (primary N) is 1. The Hall–Kier alpha value is -1.74. The summed E-state index contributed by atoms with van der Waals surface area (Å²) in [4.78, 5) is 16.7. The molecule has 19 heavy (non-hydrogen) atoms. The quantitative estimate of drug-likeness (QED) is 0.710. The molecule has 0 saturated carbocycles. The third-order valence-electron chi connectivity index (χ3n) is 2.41. The first-order valence-corrected chi connectivity index (χ1v) is 7.25. The van der Waals surface area contributed by atoms with Gasteiger partial charge < -0.3 is 5.73 Å². The van der Waals surface area contributed by atoms with E-state index in [-0.39, 0.29) is 5.95 Å². The standard InChI is InChI=1S/C10H8BrN7S/c1-19-10-15-8(12)18-9(16-10)14-7(17-18)5-2-3-13-4-6(5)11/h2-4H,1H3,(H2,12,14,15,16,17). The van der Waals surface area contributed by atoms with Crippen molar-refractivity contribution in [2.75, 3.05) is 12.0 Å². The SMILES string of the molecule is CSc1nc(N)n2nc(-c3ccncc3Br)nc2n1. The molecule has 96 valence electrons. The van der Waals surface area contributed by atoms with Gasteiger partial charge in [0, 0.05) is 22.4 Å². The lowest BCUT2D eigenvalue weighted by Gasteiger charge is -1.98. The van der Waals surface area contributed by atoms with E-state index in [2.05, 4.69) is 41.0 Å². The zero-order chi connectivity index (χ0) is 13.4. The highest BCUT2D eigenvalue weighted by atomic mass is 79.9. The van der Waals surface area contributed by atoms with Crippen LogP contribution in [0.1, 0.15) is 0 Å². The molecule has 9 heteroatoms. The van der Waals surface area contributed by atoms with Crippen LogP contribution < -0.4 is 5.73 Å². The number of aromatic nitrogens is 6. The van der Waals surface area contributed by atoms with Gasteiger partial charge in [-0.2, -0.15) is 19.5 Å². The van der Waals surface area contributed by atoms with Gasteiger partial charge in [-0.25, -0.2) is 0 Å². The van der Waals surface area contributed by atoms with Gasteiger partial charge in [-0.05, 0) is 28.3 Å². The molecule has 3 aromatic heterocycles. The summed E-state index contributed by atoms with van der Waals surface area (Å²) in [7, 11) is 0. The third kappa shape index (κ3) is 2.15. The van der Waals surface area contributed by atoms with Crippen molar-refractivity contribution in [3.63, 3.8) is 0 Å². The molecule has 0 unspecified atom stereocenters.